The highest BCUT2D eigenvalue weighted by Crippen LogP contribution is 2.44. The van der Waals surface area contributed by atoms with Gasteiger partial charge in [-0.1, -0.05) is 18.2 Å². The van der Waals surface area contributed by atoms with Crippen molar-refractivity contribution in [3.8, 4) is 16.9 Å². The molecule has 8 rings (SSSR count). The van der Waals surface area contributed by atoms with Gasteiger partial charge >= 0.3 is 0 Å². The Hall–Kier alpha value is -4.05. The van der Waals surface area contributed by atoms with Gasteiger partial charge in [-0.3, -0.25) is 9.69 Å². The summed E-state index contributed by atoms with van der Waals surface area (Å²) in [6.45, 7) is 4.28. The van der Waals surface area contributed by atoms with E-state index in [9.17, 15) is 9.90 Å². The monoisotopic (exact) mass is 579 g/mol. The lowest BCUT2D eigenvalue weighted by molar-refractivity contribution is 0.0985. The zero-order valence-electron chi connectivity index (χ0n) is 23.9. The van der Waals surface area contributed by atoms with E-state index in [2.05, 4.69) is 32.3 Å². The number of halogens is 1. The molecule has 8 nitrogen and oxygen atoms in total. The number of aromatic nitrogens is 2. The molecule has 5 heterocycles. The second-order valence-corrected chi connectivity index (χ2v) is 12.0. The van der Waals surface area contributed by atoms with Crippen LogP contribution < -0.4 is 15.0 Å². The van der Waals surface area contributed by atoms with Crippen LogP contribution in [-0.4, -0.2) is 71.3 Å². The minimum absolute atomic E-state index is 0.0503. The molecule has 0 bridgehead atoms. The Morgan fingerprint density at radius 1 is 1.09 bits per heavy atom. The number of carbonyl (C=O) groups is 1. The molecule has 4 aliphatic rings. The smallest absolute Gasteiger partial charge is 0.265 e. The van der Waals surface area contributed by atoms with Gasteiger partial charge in [0.2, 0.25) is 0 Å². The number of pyridine rings is 1. The lowest BCUT2D eigenvalue weighted by Crippen LogP contribution is -2.57. The van der Waals surface area contributed by atoms with E-state index in [4.69, 9.17) is 4.74 Å². The second kappa shape index (κ2) is 10.6. The molecule has 220 valence electrons. The number of benzene rings is 2. The number of H-pyrrole nitrogens is 1. The maximum Gasteiger partial charge on any atom is 0.265 e. The molecular formula is C34H34FN5O3. The van der Waals surface area contributed by atoms with Crippen molar-refractivity contribution in [2.45, 2.75) is 37.8 Å². The maximum atomic E-state index is 15.4. The van der Waals surface area contributed by atoms with Gasteiger partial charge in [-0.25, -0.2) is 9.37 Å². The van der Waals surface area contributed by atoms with E-state index in [1.807, 2.05) is 30.3 Å². The third kappa shape index (κ3) is 4.63. The Kier molecular flexibility index (Phi) is 6.54. The van der Waals surface area contributed by atoms with Gasteiger partial charge in [0.25, 0.3) is 5.91 Å². The third-order valence-electron chi connectivity index (χ3n) is 9.44. The highest BCUT2D eigenvalue weighted by atomic mass is 19.1. The van der Waals surface area contributed by atoms with Crippen molar-refractivity contribution in [3.05, 3.63) is 82.9 Å². The quantitative estimate of drug-likeness (QED) is 0.303. The van der Waals surface area contributed by atoms with Gasteiger partial charge in [-0.15, -0.1) is 0 Å². The number of ether oxygens (including phenoxy) is 1. The molecule has 9 heteroatoms. The van der Waals surface area contributed by atoms with E-state index in [1.54, 1.807) is 6.20 Å². The van der Waals surface area contributed by atoms with Crippen molar-refractivity contribution in [3.63, 3.8) is 0 Å². The number of nitrogens with zero attached hydrogens (tertiary/aromatic N) is 3. The van der Waals surface area contributed by atoms with Gasteiger partial charge in [0, 0.05) is 55.1 Å². The molecular weight excluding hydrogens is 545 g/mol. The largest absolute Gasteiger partial charge is 0.491 e. The Bertz CT molecular complexity index is 1770. The van der Waals surface area contributed by atoms with Crippen LogP contribution in [0.1, 0.15) is 52.4 Å². The lowest BCUT2D eigenvalue weighted by atomic mass is 9.95. The molecule has 1 saturated carbocycles. The van der Waals surface area contributed by atoms with Gasteiger partial charge in [-0.2, -0.15) is 0 Å². The first-order chi connectivity index (χ1) is 21.1. The number of aliphatic hydroxyl groups is 1. The Morgan fingerprint density at radius 2 is 1.98 bits per heavy atom. The van der Waals surface area contributed by atoms with Gasteiger partial charge in [0.05, 0.1) is 18.8 Å². The molecule has 0 radical (unpaired) electrons. The topological polar surface area (TPSA) is 93.7 Å². The molecule has 2 aromatic carbocycles. The summed E-state index contributed by atoms with van der Waals surface area (Å²) in [6, 6.07) is 13.7. The Balaban J connectivity index is 1.15. The minimum Gasteiger partial charge on any atom is -0.491 e. The number of hydrogen-bond acceptors (Lipinski definition) is 6. The van der Waals surface area contributed by atoms with E-state index >= 15 is 4.39 Å². The Labute approximate surface area is 249 Å². The van der Waals surface area contributed by atoms with Crippen LogP contribution in [0.15, 0.2) is 54.7 Å². The summed E-state index contributed by atoms with van der Waals surface area (Å²) < 4.78 is 21.3. The molecule has 1 saturated heterocycles. The standard InChI is InChI=1S/C34H34FN5O3/c35-28-14-22(20-4-5-20)15-31-32(28)34(42)40(12-13-43-31)30-3-1-2-24(27(30)19-41)25-6-9-37-33-26(25)16-29(38-33)21-7-10-39(11-8-21)23-17-36-18-23/h1-3,6-7,9,14-16,20,23,36,41H,4-5,8,10-13,17-19H2,(H,37,38). The molecule has 0 spiro atoms. The predicted octanol–water partition coefficient (Wildman–Crippen LogP) is 4.84. The van der Waals surface area contributed by atoms with Gasteiger partial charge in [0.1, 0.15) is 29.4 Å². The highest BCUT2D eigenvalue weighted by molar-refractivity contribution is 6.09. The fourth-order valence-corrected chi connectivity index (χ4v) is 6.76. The fraction of sp³-hybridized carbons (Fsp3) is 0.353. The number of aromatic amines is 1. The van der Waals surface area contributed by atoms with Gasteiger partial charge < -0.3 is 25.0 Å². The fourth-order valence-electron chi connectivity index (χ4n) is 6.76. The van der Waals surface area contributed by atoms with E-state index in [-0.39, 0.29) is 25.3 Å². The molecule has 3 aliphatic heterocycles. The van der Waals surface area contributed by atoms with Crippen LogP contribution in [-0.2, 0) is 6.61 Å². The zero-order chi connectivity index (χ0) is 29.1. The summed E-state index contributed by atoms with van der Waals surface area (Å²) in [7, 11) is 0. The van der Waals surface area contributed by atoms with E-state index in [0.717, 1.165) is 78.9 Å². The summed E-state index contributed by atoms with van der Waals surface area (Å²) in [6.07, 6.45) is 7.11. The summed E-state index contributed by atoms with van der Waals surface area (Å²) >= 11 is 0. The molecule has 2 fully saturated rings. The van der Waals surface area contributed by atoms with Crippen LogP contribution in [0.2, 0.25) is 0 Å². The van der Waals surface area contributed by atoms with E-state index in [1.165, 1.54) is 16.5 Å². The van der Waals surface area contributed by atoms with Crippen LogP contribution >= 0.6 is 0 Å². The molecule has 0 atom stereocenters. The van der Waals surface area contributed by atoms with Crippen LogP contribution in [0.25, 0.3) is 27.7 Å². The van der Waals surface area contributed by atoms with E-state index in [0.29, 0.717) is 29.0 Å². The van der Waals surface area contributed by atoms with Crippen molar-refractivity contribution in [2.24, 2.45) is 0 Å². The number of fused-ring (bicyclic) bond motifs is 2. The van der Waals surface area contributed by atoms with E-state index < -0.39 is 11.7 Å². The Morgan fingerprint density at radius 3 is 2.72 bits per heavy atom. The van der Waals surface area contributed by atoms with Crippen molar-refractivity contribution >= 4 is 28.2 Å². The SMILES string of the molecule is O=C1c2c(F)cc(C3CC3)cc2OCCN1c1cccc(-c2ccnc3[nH]c(C4=CCN(C5CNC5)CC4)cc23)c1CO. The second-order valence-electron chi connectivity index (χ2n) is 12.0. The molecule has 3 N–H and O–H groups in total. The summed E-state index contributed by atoms with van der Waals surface area (Å²) in [5.74, 6) is -0.371. The first kappa shape index (κ1) is 26.6. The molecule has 43 heavy (non-hydrogen) atoms. The number of hydrogen-bond donors (Lipinski definition) is 3. The number of carbonyl (C=O) groups excluding carboxylic acids is 1. The zero-order valence-corrected chi connectivity index (χ0v) is 23.9. The number of rotatable bonds is 6. The summed E-state index contributed by atoms with van der Waals surface area (Å²) in [5, 5.41) is 15.0. The summed E-state index contributed by atoms with van der Waals surface area (Å²) in [4.78, 5) is 26.0. The average molecular weight is 580 g/mol. The van der Waals surface area contributed by atoms with Crippen molar-refractivity contribution in [2.75, 3.05) is 44.2 Å². The maximum absolute atomic E-state index is 15.4. The summed E-state index contributed by atoms with van der Waals surface area (Å²) in [5.41, 5.74) is 6.82. The van der Waals surface area contributed by atoms with Crippen LogP contribution in [0.4, 0.5) is 10.1 Å². The van der Waals surface area contributed by atoms with Crippen LogP contribution in [0.5, 0.6) is 5.75 Å². The molecule has 0 unspecified atom stereocenters. The van der Waals surface area contributed by atoms with Gasteiger partial charge in [0.15, 0.2) is 0 Å². The normalized spacial score (nSPS) is 19.5. The number of anilines is 1. The highest BCUT2D eigenvalue weighted by Gasteiger charge is 2.33. The first-order valence-corrected chi connectivity index (χ1v) is 15.2. The van der Waals surface area contributed by atoms with Gasteiger partial charge in [-0.05, 0) is 77.8 Å². The third-order valence-corrected chi connectivity index (χ3v) is 9.44. The first-order valence-electron chi connectivity index (χ1n) is 15.2. The lowest BCUT2D eigenvalue weighted by Gasteiger charge is -2.39. The van der Waals surface area contributed by atoms with Crippen molar-refractivity contribution < 1.29 is 19.0 Å². The van der Waals surface area contributed by atoms with Crippen LogP contribution in [0, 0.1) is 5.82 Å². The number of amides is 1. The van der Waals surface area contributed by atoms with Crippen molar-refractivity contribution in [1.82, 2.24) is 20.2 Å². The number of aliphatic hydroxyl groups excluding tert-OH is 1. The van der Waals surface area contributed by atoms with Crippen LogP contribution in [0.3, 0.4) is 0 Å². The minimum atomic E-state index is -0.557. The predicted molar refractivity (Wildman–Crippen MR) is 164 cm³/mol. The number of nitrogens with one attached hydrogen (secondary N) is 2. The van der Waals surface area contributed by atoms with Crippen molar-refractivity contribution in [1.29, 1.82) is 0 Å². The average Bonchev–Trinajstić information content (AvgIpc) is 3.78. The molecule has 1 aliphatic carbocycles. The molecule has 1 amide bonds. The molecule has 2 aromatic heterocycles. The molecule has 4 aromatic rings.